The SMILES string of the molecule is C[Si](C)(C)CCOCN1C(=O)CCC(N2C(=O)c3ccc(N4CC(=O)C4)cc3C2=O)C1=O. The van der Waals surface area contributed by atoms with Crippen LogP contribution in [0.4, 0.5) is 5.69 Å². The van der Waals surface area contributed by atoms with Crippen LogP contribution >= 0.6 is 0 Å². The Morgan fingerprint density at radius 1 is 1.00 bits per heavy atom. The van der Waals surface area contributed by atoms with E-state index in [-0.39, 0.29) is 55.5 Å². The van der Waals surface area contributed by atoms with Gasteiger partial charge in [-0.2, -0.15) is 0 Å². The van der Waals surface area contributed by atoms with Crippen LogP contribution in [0.1, 0.15) is 33.6 Å². The zero-order chi connectivity index (χ0) is 23.2. The number of hydrogen-bond acceptors (Lipinski definition) is 7. The lowest BCUT2D eigenvalue weighted by Crippen LogP contribution is -2.56. The van der Waals surface area contributed by atoms with Crippen LogP contribution in [0.25, 0.3) is 0 Å². The second kappa shape index (κ2) is 8.25. The molecule has 0 aliphatic carbocycles. The maximum atomic E-state index is 13.1. The van der Waals surface area contributed by atoms with Crippen molar-refractivity contribution in [1.29, 1.82) is 0 Å². The van der Waals surface area contributed by atoms with Crippen LogP contribution in [-0.4, -0.2) is 79.8 Å². The number of imide groups is 2. The number of Topliss-reactive ketones (excluding diaryl/α,β-unsaturated/α-hetero) is 1. The first kappa shape index (κ1) is 22.3. The fraction of sp³-hybridized carbons (Fsp3) is 0.500. The Kier molecular flexibility index (Phi) is 5.76. The molecule has 1 atom stereocenters. The molecule has 1 unspecified atom stereocenters. The van der Waals surface area contributed by atoms with Crippen LogP contribution in [0.3, 0.4) is 0 Å². The highest BCUT2D eigenvalue weighted by atomic mass is 28.3. The summed E-state index contributed by atoms with van der Waals surface area (Å²) < 4.78 is 5.58. The molecule has 10 heteroatoms. The molecule has 32 heavy (non-hydrogen) atoms. The minimum atomic E-state index is -1.32. The lowest BCUT2D eigenvalue weighted by molar-refractivity contribution is -0.158. The van der Waals surface area contributed by atoms with E-state index < -0.39 is 31.8 Å². The highest BCUT2D eigenvalue weighted by Gasteiger charge is 2.47. The first-order valence-corrected chi connectivity index (χ1v) is 14.5. The molecule has 1 aromatic rings. The van der Waals surface area contributed by atoms with Crippen molar-refractivity contribution in [3.05, 3.63) is 29.3 Å². The number of amides is 4. The van der Waals surface area contributed by atoms with Crippen molar-refractivity contribution in [2.24, 2.45) is 0 Å². The summed E-state index contributed by atoms with van der Waals surface area (Å²) in [5.74, 6) is -1.92. The lowest BCUT2D eigenvalue weighted by Gasteiger charge is -2.34. The molecule has 0 saturated carbocycles. The van der Waals surface area contributed by atoms with Gasteiger partial charge in [-0.1, -0.05) is 19.6 Å². The molecule has 0 aromatic heterocycles. The van der Waals surface area contributed by atoms with Crippen LogP contribution in [0.15, 0.2) is 18.2 Å². The van der Waals surface area contributed by atoms with Gasteiger partial charge in [0.25, 0.3) is 17.7 Å². The van der Waals surface area contributed by atoms with Crippen molar-refractivity contribution in [3.8, 4) is 0 Å². The van der Waals surface area contributed by atoms with E-state index in [4.69, 9.17) is 4.74 Å². The van der Waals surface area contributed by atoms with Crippen molar-refractivity contribution in [2.45, 2.75) is 44.6 Å². The summed E-state index contributed by atoms with van der Waals surface area (Å²) in [6.07, 6.45) is 0.157. The molecule has 0 N–H and O–H groups in total. The number of anilines is 1. The van der Waals surface area contributed by atoms with Gasteiger partial charge in [0.2, 0.25) is 5.91 Å². The van der Waals surface area contributed by atoms with Gasteiger partial charge in [-0.15, -0.1) is 0 Å². The third-order valence-corrected chi connectivity index (χ3v) is 7.72. The number of piperidine rings is 1. The molecule has 0 radical (unpaired) electrons. The number of benzene rings is 1. The molecule has 3 aliphatic heterocycles. The van der Waals surface area contributed by atoms with E-state index in [9.17, 15) is 24.0 Å². The first-order valence-electron chi connectivity index (χ1n) is 10.8. The van der Waals surface area contributed by atoms with Gasteiger partial charge in [0, 0.05) is 26.8 Å². The smallest absolute Gasteiger partial charge is 0.262 e. The fourth-order valence-corrected chi connectivity index (χ4v) is 4.78. The monoisotopic (exact) mass is 457 g/mol. The second-order valence-electron chi connectivity index (χ2n) is 9.67. The summed E-state index contributed by atoms with van der Waals surface area (Å²) in [7, 11) is -1.32. The third-order valence-electron chi connectivity index (χ3n) is 6.01. The number of nitrogens with zero attached hydrogens (tertiary/aromatic N) is 3. The Morgan fingerprint density at radius 2 is 1.69 bits per heavy atom. The number of carbonyl (C=O) groups excluding carboxylic acids is 5. The van der Waals surface area contributed by atoms with E-state index in [1.165, 1.54) is 0 Å². The van der Waals surface area contributed by atoms with Crippen molar-refractivity contribution < 1.29 is 28.7 Å². The largest absolute Gasteiger partial charge is 0.361 e. The maximum Gasteiger partial charge on any atom is 0.262 e. The number of carbonyl (C=O) groups is 5. The Morgan fingerprint density at radius 3 is 2.34 bits per heavy atom. The normalized spacial score (nSPS) is 21.4. The van der Waals surface area contributed by atoms with E-state index in [0.717, 1.165) is 15.8 Å². The minimum absolute atomic E-state index is 0.0579. The summed E-state index contributed by atoms with van der Waals surface area (Å²) in [6, 6.07) is 4.72. The van der Waals surface area contributed by atoms with Crippen molar-refractivity contribution >= 4 is 43.2 Å². The number of rotatable bonds is 7. The summed E-state index contributed by atoms with van der Waals surface area (Å²) in [6.45, 7) is 7.45. The van der Waals surface area contributed by atoms with E-state index in [1.54, 1.807) is 18.2 Å². The van der Waals surface area contributed by atoms with Gasteiger partial charge < -0.3 is 9.64 Å². The number of ether oxygens (including phenoxy) is 1. The molecule has 1 aromatic carbocycles. The van der Waals surface area contributed by atoms with Gasteiger partial charge in [0.1, 0.15) is 12.8 Å². The second-order valence-corrected chi connectivity index (χ2v) is 15.3. The van der Waals surface area contributed by atoms with Gasteiger partial charge in [0.15, 0.2) is 5.78 Å². The predicted molar refractivity (Wildman–Crippen MR) is 118 cm³/mol. The number of ketones is 1. The van der Waals surface area contributed by atoms with Gasteiger partial charge in [-0.3, -0.25) is 33.8 Å². The quantitative estimate of drug-likeness (QED) is 0.347. The lowest BCUT2D eigenvalue weighted by atomic mass is 10.0. The fourth-order valence-electron chi connectivity index (χ4n) is 4.02. The van der Waals surface area contributed by atoms with Gasteiger partial charge >= 0.3 is 0 Å². The molecular formula is C22H27N3O6Si. The van der Waals surface area contributed by atoms with E-state index in [1.807, 2.05) is 4.90 Å². The van der Waals surface area contributed by atoms with Crippen molar-refractivity contribution in [3.63, 3.8) is 0 Å². The zero-order valence-corrected chi connectivity index (χ0v) is 19.6. The molecule has 9 nitrogen and oxygen atoms in total. The molecule has 3 heterocycles. The highest BCUT2D eigenvalue weighted by molar-refractivity contribution is 6.76. The van der Waals surface area contributed by atoms with E-state index in [0.29, 0.717) is 12.3 Å². The van der Waals surface area contributed by atoms with Crippen LogP contribution in [0.5, 0.6) is 0 Å². The van der Waals surface area contributed by atoms with Crippen LogP contribution in [0.2, 0.25) is 25.7 Å². The van der Waals surface area contributed by atoms with Crippen molar-refractivity contribution in [1.82, 2.24) is 9.80 Å². The number of fused-ring (bicyclic) bond motifs is 1. The standard InChI is InChI=1S/C22H27N3O6Si/c1-32(2,3)9-8-31-13-24-19(27)7-6-18(22(24)30)25-20(28)16-5-4-14(10-17(16)21(25)29)23-11-15(26)12-23/h4-5,10,18H,6-9,11-13H2,1-3H3. The van der Waals surface area contributed by atoms with E-state index in [2.05, 4.69) is 19.6 Å². The van der Waals surface area contributed by atoms with Gasteiger partial charge in [-0.05, 0) is 30.7 Å². The summed E-state index contributed by atoms with van der Waals surface area (Å²) in [4.78, 5) is 66.6. The average Bonchev–Trinajstić information content (AvgIpc) is 2.94. The minimum Gasteiger partial charge on any atom is -0.361 e. The molecule has 2 saturated heterocycles. The molecule has 0 bridgehead atoms. The van der Waals surface area contributed by atoms with Crippen molar-refractivity contribution in [2.75, 3.05) is 31.3 Å². The average molecular weight is 458 g/mol. The zero-order valence-electron chi connectivity index (χ0n) is 18.6. The molecule has 170 valence electrons. The highest BCUT2D eigenvalue weighted by Crippen LogP contribution is 2.32. The van der Waals surface area contributed by atoms with Crippen LogP contribution in [0, 0.1) is 0 Å². The number of hydrogen-bond donors (Lipinski definition) is 0. The van der Waals surface area contributed by atoms with Crippen LogP contribution in [-0.2, 0) is 19.1 Å². The Bertz CT molecular complexity index is 1010. The molecule has 4 amide bonds. The summed E-state index contributed by atoms with van der Waals surface area (Å²) in [5.41, 5.74) is 1.14. The first-order chi connectivity index (χ1) is 15.1. The Hall–Kier alpha value is -2.85. The van der Waals surface area contributed by atoms with Gasteiger partial charge in [-0.25, -0.2) is 0 Å². The Balaban J connectivity index is 1.48. The molecule has 2 fully saturated rings. The molecule has 4 rings (SSSR count). The summed E-state index contributed by atoms with van der Waals surface area (Å²) >= 11 is 0. The Labute approximate surface area is 187 Å². The summed E-state index contributed by atoms with van der Waals surface area (Å²) in [5, 5.41) is 0. The molecular weight excluding hydrogens is 430 g/mol. The topological polar surface area (TPSA) is 104 Å². The molecule has 0 spiro atoms. The van der Waals surface area contributed by atoms with E-state index >= 15 is 0 Å². The maximum absolute atomic E-state index is 13.1. The van der Waals surface area contributed by atoms with Gasteiger partial charge in [0.05, 0.1) is 24.2 Å². The number of likely N-dealkylation sites (tertiary alicyclic amines) is 1. The predicted octanol–water partition coefficient (Wildman–Crippen LogP) is 1.50. The van der Waals surface area contributed by atoms with Crippen LogP contribution < -0.4 is 4.90 Å². The molecule has 3 aliphatic rings. The third kappa shape index (κ3) is 4.12.